The van der Waals surface area contributed by atoms with E-state index in [1.54, 1.807) is 6.92 Å². The average Bonchev–Trinajstić information content (AvgIpc) is 2.19. The lowest BCUT2D eigenvalue weighted by molar-refractivity contribution is 0.0205. The third kappa shape index (κ3) is 3.01. The molecule has 0 amide bonds. The molecule has 0 aliphatic rings. The van der Waals surface area contributed by atoms with E-state index in [1.165, 1.54) is 0 Å². The minimum atomic E-state index is -0.521. The maximum Gasteiger partial charge on any atom is 0.189 e. The third-order valence-corrected chi connectivity index (χ3v) is 1.87. The quantitative estimate of drug-likeness (QED) is 0.579. The molecule has 1 atom stereocenters. The Morgan fingerprint density at radius 1 is 1.36 bits per heavy atom. The van der Waals surface area contributed by atoms with Gasteiger partial charge in [0.1, 0.15) is 5.75 Å². The van der Waals surface area contributed by atoms with Crippen molar-refractivity contribution in [3.8, 4) is 5.75 Å². The van der Waals surface area contributed by atoms with Crippen molar-refractivity contribution in [2.45, 2.75) is 20.0 Å². The molecule has 0 saturated heterocycles. The van der Waals surface area contributed by atoms with Crippen molar-refractivity contribution in [1.29, 1.82) is 0 Å². The van der Waals surface area contributed by atoms with Crippen LogP contribution < -0.4 is 4.74 Å². The molecule has 1 aromatic carbocycles. The van der Waals surface area contributed by atoms with E-state index >= 15 is 0 Å². The maximum absolute atomic E-state index is 9.44. The zero-order valence-corrected chi connectivity index (χ0v) is 8.56. The van der Waals surface area contributed by atoms with Crippen LogP contribution in [0.5, 0.6) is 5.75 Å². The fourth-order valence-corrected chi connectivity index (χ4v) is 1.15. The Labute approximate surface area is 84.3 Å². The van der Waals surface area contributed by atoms with Gasteiger partial charge in [-0.2, -0.15) is 0 Å². The topological polar surface area (TPSA) is 38.7 Å². The highest BCUT2D eigenvalue weighted by atomic mass is 16.7. The van der Waals surface area contributed by atoms with Crippen molar-refractivity contribution in [3.63, 3.8) is 0 Å². The summed E-state index contributed by atoms with van der Waals surface area (Å²) in [6.07, 6.45) is -0.521. The van der Waals surface area contributed by atoms with Crippen molar-refractivity contribution < 1.29 is 14.6 Å². The largest absolute Gasteiger partial charge is 0.467 e. The lowest BCUT2D eigenvalue weighted by Gasteiger charge is -2.12. The van der Waals surface area contributed by atoms with Gasteiger partial charge in [0.05, 0.1) is 6.10 Å². The van der Waals surface area contributed by atoms with Crippen LogP contribution in [0.25, 0.3) is 0 Å². The maximum atomic E-state index is 9.44. The van der Waals surface area contributed by atoms with E-state index in [9.17, 15) is 5.11 Å². The first-order valence-electron chi connectivity index (χ1n) is 4.73. The Hall–Kier alpha value is -1.06. The zero-order valence-electron chi connectivity index (χ0n) is 8.56. The van der Waals surface area contributed by atoms with Crippen LogP contribution in [-0.4, -0.2) is 18.5 Å². The van der Waals surface area contributed by atoms with Gasteiger partial charge < -0.3 is 14.6 Å². The fraction of sp³-hybridized carbons (Fsp3) is 0.455. The van der Waals surface area contributed by atoms with Gasteiger partial charge in [-0.05, 0) is 19.9 Å². The second kappa shape index (κ2) is 5.62. The van der Waals surface area contributed by atoms with Crippen LogP contribution in [0.15, 0.2) is 24.3 Å². The molecule has 0 spiro atoms. The van der Waals surface area contributed by atoms with Gasteiger partial charge >= 0.3 is 0 Å². The standard InChI is InChI=1S/C11H16O3/c1-3-13-8-14-11-7-5-4-6-10(11)9(2)12/h4-7,9,12H,3,8H2,1-2H3. The van der Waals surface area contributed by atoms with Crippen molar-refractivity contribution in [2.24, 2.45) is 0 Å². The van der Waals surface area contributed by atoms with Crippen LogP contribution in [-0.2, 0) is 4.74 Å². The van der Waals surface area contributed by atoms with Crippen molar-refractivity contribution >= 4 is 0 Å². The summed E-state index contributed by atoms with van der Waals surface area (Å²) in [5.41, 5.74) is 0.784. The minimum Gasteiger partial charge on any atom is -0.467 e. The summed E-state index contributed by atoms with van der Waals surface area (Å²) in [7, 11) is 0. The normalized spacial score (nSPS) is 12.5. The summed E-state index contributed by atoms with van der Waals surface area (Å²) in [6, 6.07) is 7.40. The summed E-state index contributed by atoms with van der Waals surface area (Å²) in [4.78, 5) is 0. The van der Waals surface area contributed by atoms with Gasteiger partial charge in [-0.25, -0.2) is 0 Å². The molecule has 1 unspecified atom stereocenters. The van der Waals surface area contributed by atoms with E-state index in [-0.39, 0.29) is 6.79 Å². The monoisotopic (exact) mass is 196 g/mol. The molecule has 0 radical (unpaired) electrons. The highest BCUT2D eigenvalue weighted by molar-refractivity contribution is 5.34. The molecule has 3 nitrogen and oxygen atoms in total. The lowest BCUT2D eigenvalue weighted by Crippen LogP contribution is -2.05. The van der Waals surface area contributed by atoms with Crippen LogP contribution in [0.2, 0.25) is 0 Å². The van der Waals surface area contributed by atoms with Gasteiger partial charge in [-0.3, -0.25) is 0 Å². The van der Waals surface area contributed by atoms with Crippen molar-refractivity contribution in [2.75, 3.05) is 13.4 Å². The SMILES string of the molecule is CCOCOc1ccccc1C(C)O. The summed E-state index contributed by atoms with van der Waals surface area (Å²) >= 11 is 0. The molecule has 0 fully saturated rings. The Morgan fingerprint density at radius 3 is 2.71 bits per heavy atom. The van der Waals surface area contributed by atoms with Crippen LogP contribution in [0.3, 0.4) is 0 Å². The van der Waals surface area contributed by atoms with Crippen LogP contribution in [0.4, 0.5) is 0 Å². The third-order valence-electron chi connectivity index (χ3n) is 1.87. The molecule has 0 heterocycles. The predicted molar refractivity (Wildman–Crippen MR) is 54.2 cm³/mol. The van der Waals surface area contributed by atoms with E-state index < -0.39 is 6.10 Å². The number of benzene rings is 1. The van der Waals surface area contributed by atoms with Crippen LogP contribution in [0.1, 0.15) is 25.5 Å². The molecule has 0 aromatic heterocycles. The Kier molecular flexibility index (Phi) is 4.43. The number of ether oxygens (including phenoxy) is 2. The second-order valence-electron chi connectivity index (χ2n) is 2.97. The summed E-state index contributed by atoms with van der Waals surface area (Å²) in [5.74, 6) is 0.677. The summed E-state index contributed by atoms with van der Waals surface area (Å²) < 4.78 is 10.4. The van der Waals surface area contributed by atoms with Gasteiger partial charge in [0.15, 0.2) is 6.79 Å². The van der Waals surface area contributed by atoms with Gasteiger partial charge in [-0.15, -0.1) is 0 Å². The number of rotatable bonds is 5. The first-order valence-corrected chi connectivity index (χ1v) is 4.73. The molecule has 3 heteroatoms. The molecule has 0 bridgehead atoms. The zero-order chi connectivity index (χ0) is 10.4. The predicted octanol–water partition coefficient (Wildman–Crippen LogP) is 2.11. The Bertz CT molecular complexity index is 271. The van der Waals surface area contributed by atoms with Gasteiger partial charge in [0, 0.05) is 12.2 Å². The van der Waals surface area contributed by atoms with Gasteiger partial charge in [-0.1, -0.05) is 18.2 Å². The highest BCUT2D eigenvalue weighted by Crippen LogP contribution is 2.24. The van der Waals surface area contributed by atoms with E-state index in [0.29, 0.717) is 12.4 Å². The molecular formula is C11H16O3. The number of aliphatic hydroxyl groups excluding tert-OH is 1. The molecule has 0 aliphatic carbocycles. The fourth-order valence-electron chi connectivity index (χ4n) is 1.15. The molecule has 78 valence electrons. The number of hydrogen-bond acceptors (Lipinski definition) is 3. The number of para-hydroxylation sites is 1. The smallest absolute Gasteiger partial charge is 0.189 e. The van der Waals surface area contributed by atoms with Gasteiger partial charge in [0.25, 0.3) is 0 Å². The molecular weight excluding hydrogens is 180 g/mol. The van der Waals surface area contributed by atoms with E-state index in [0.717, 1.165) is 5.56 Å². The first-order chi connectivity index (χ1) is 6.75. The summed E-state index contributed by atoms with van der Waals surface area (Å²) in [5, 5.41) is 9.44. The minimum absolute atomic E-state index is 0.222. The first kappa shape index (κ1) is 11.0. The molecule has 0 saturated carbocycles. The second-order valence-corrected chi connectivity index (χ2v) is 2.97. The lowest BCUT2D eigenvalue weighted by atomic mass is 10.1. The average molecular weight is 196 g/mol. The van der Waals surface area contributed by atoms with Crippen molar-refractivity contribution in [1.82, 2.24) is 0 Å². The number of hydrogen-bond donors (Lipinski definition) is 1. The molecule has 0 aliphatic heterocycles. The van der Waals surface area contributed by atoms with Crippen LogP contribution >= 0.6 is 0 Å². The molecule has 1 aromatic rings. The molecule has 14 heavy (non-hydrogen) atoms. The molecule has 1 rings (SSSR count). The van der Waals surface area contributed by atoms with Crippen LogP contribution in [0, 0.1) is 0 Å². The highest BCUT2D eigenvalue weighted by Gasteiger charge is 2.07. The van der Waals surface area contributed by atoms with E-state index in [4.69, 9.17) is 9.47 Å². The van der Waals surface area contributed by atoms with Gasteiger partial charge in [0.2, 0.25) is 0 Å². The van der Waals surface area contributed by atoms with E-state index in [1.807, 2.05) is 31.2 Å². The van der Waals surface area contributed by atoms with Crippen molar-refractivity contribution in [3.05, 3.63) is 29.8 Å². The number of aliphatic hydroxyl groups is 1. The Morgan fingerprint density at radius 2 is 2.07 bits per heavy atom. The Balaban J connectivity index is 2.64. The molecule has 1 N–H and O–H groups in total. The van der Waals surface area contributed by atoms with E-state index in [2.05, 4.69) is 0 Å². The summed E-state index contributed by atoms with van der Waals surface area (Å²) in [6.45, 7) is 4.46.